The van der Waals surface area contributed by atoms with Crippen LogP contribution >= 0.6 is 0 Å². The fraction of sp³-hybridized carbons (Fsp3) is 0.667. The minimum atomic E-state index is 0.369. The molecule has 13 heavy (non-hydrogen) atoms. The van der Waals surface area contributed by atoms with Crippen LogP contribution < -0.4 is 5.73 Å². The number of nitrogens with zero attached hydrogens (tertiary/aromatic N) is 3. The van der Waals surface area contributed by atoms with E-state index in [0.29, 0.717) is 6.04 Å². The Balaban J connectivity index is 1.95. The van der Waals surface area contributed by atoms with Gasteiger partial charge in [0.1, 0.15) is 0 Å². The van der Waals surface area contributed by atoms with Crippen LogP contribution in [0.1, 0.15) is 12.1 Å². The average Bonchev–Trinajstić information content (AvgIpc) is 2.64. The van der Waals surface area contributed by atoms with Crippen LogP contribution in [-0.2, 0) is 13.6 Å². The molecule has 0 bridgehead atoms. The highest BCUT2D eigenvalue weighted by atomic mass is 15.2. The Morgan fingerprint density at radius 3 is 3.08 bits per heavy atom. The summed E-state index contributed by atoms with van der Waals surface area (Å²) in [4.78, 5) is 6.46. The molecular weight excluding hydrogens is 164 g/mol. The number of imidazole rings is 1. The lowest BCUT2D eigenvalue weighted by Gasteiger charge is -2.14. The van der Waals surface area contributed by atoms with Crippen molar-refractivity contribution in [2.75, 3.05) is 13.1 Å². The first-order valence-corrected chi connectivity index (χ1v) is 4.69. The van der Waals surface area contributed by atoms with Crippen molar-refractivity contribution in [2.24, 2.45) is 12.8 Å². The zero-order chi connectivity index (χ0) is 9.26. The van der Waals surface area contributed by atoms with E-state index in [4.69, 9.17) is 5.73 Å². The number of hydrogen-bond acceptors (Lipinski definition) is 3. The van der Waals surface area contributed by atoms with Gasteiger partial charge in [-0.15, -0.1) is 0 Å². The molecule has 0 saturated carbocycles. The molecule has 2 N–H and O–H groups in total. The van der Waals surface area contributed by atoms with Crippen LogP contribution in [0, 0.1) is 0 Å². The van der Waals surface area contributed by atoms with Crippen LogP contribution in [0.5, 0.6) is 0 Å². The quantitative estimate of drug-likeness (QED) is 0.694. The van der Waals surface area contributed by atoms with Crippen LogP contribution in [0.4, 0.5) is 0 Å². The van der Waals surface area contributed by atoms with Crippen LogP contribution in [-0.4, -0.2) is 33.6 Å². The van der Waals surface area contributed by atoms with Crippen molar-refractivity contribution in [2.45, 2.75) is 19.0 Å². The van der Waals surface area contributed by atoms with Gasteiger partial charge in [-0.3, -0.25) is 4.90 Å². The Bertz CT molecular complexity index is 281. The smallest absolute Gasteiger partial charge is 0.0945 e. The number of aryl methyl sites for hydroxylation is 1. The average molecular weight is 180 g/mol. The lowest BCUT2D eigenvalue weighted by Crippen LogP contribution is -2.26. The topological polar surface area (TPSA) is 47.1 Å². The van der Waals surface area contributed by atoms with Crippen molar-refractivity contribution in [3.05, 3.63) is 18.2 Å². The fourth-order valence-electron chi connectivity index (χ4n) is 1.77. The van der Waals surface area contributed by atoms with Gasteiger partial charge in [-0.2, -0.15) is 0 Å². The standard InChI is InChI=1S/C9H16N4/c1-12-7-11-4-9(12)6-13-3-2-8(10)5-13/h4,7-8H,2-3,5-6,10H2,1H3. The second-order valence-electron chi connectivity index (χ2n) is 3.78. The molecule has 1 aromatic heterocycles. The molecule has 0 spiro atoms. The van der Waals surface area contributed by atoms with E-state index in [1.165, 1.54) is 5.69 Å². The van der Waals surface area contributed by atoms with E-state index in [1.807, 2.05) is 19.6 Å². The molecule has 1 unspecified atom stereocenters. The van der Waals surface area contributed by atoms with E-state index >= 15 is 0 Å². The molecule has 1 fully saturated rings. The molecule has 1 aromatic rings. The lowest BCUT2D eigenvalue weighted by atomic mass is 10.3. The second-order valence-corrected chi connectivity index (χ2v) is 3.78. The van der Waals surface area contributed by atoms with Crippen LogP contribution in [0.2, 0.25) is 0 Å². The van der Waals surface area contributed by atoms with E-state index in [9.17, 15) is 0 Å². The molecule has 2 heterocycles. The lowest BCUT2D eigenvalue weighted by molar-refractivity contribution is 0.319. The summed E-state index contributed by atoms with van der Waals surface area (Å²) in [6, 6.07) is 0.369. The molecule has 2 rings (SSSR count). The third kappa shape index (κ3) is 1.89. The summed E-state index contributed by atoms with van der Waals surface area (Å²) in [7, 11) is 2.03. The van der Waals surface area contributed by atoms with Gasteiger partial charge in [-0.05, 0) is 6.42 Å². The van der Waals surface area contributed by atoms with Crippen molar-refractivity contribution in [3.63, 3.8) is 0 Å². The van der Waals surface area contributed by atoms with E-state index in [0.717, 1.165) is 26.1 Å². The highest BCUT2D eigenvalue weighted by molar-refractivity contribution is 4.98. The Kier molecular flexibility index (Phi) is 2.33. The zero-order valence-corrected chi connectivity index (χ0v) is 7.98. The predicted molar refractivity (Wildman–Crippen MR) is 51.1 cm³/mol. The molecule has 0 radical (unpaired) electrons. The molecule has 1 aliphatic rings. The number of aromatic nitrogens is 2. The summed E-state index contributed by atoms with van der Waals surface area (Å²) in [6.45, 7) is 3.11. The second kappa shape index (κ2) is 3.47. The Morgan fingerprint density at radius 2 is 2.54 bits per heavy atom. The van der Waals surface area contributed by atoms with Gasteiger partial charge in [0, 0.05) is 38.9 Å². The molecule has 72 valence electrons. The normalized spacial score (nSPS) is 24.0. The molecule has 0 aliphatic carbocycles. The molecule has 4 nitrogen and oxygen atoms in total. The first kappa shape index (κ1) is 8.72. The number of nitrogens with two attached hydrogens (primary N) is 1. The summed E-state index contributed by atoms with van der Waals surface area (Å²) >= 11 is 0. The van der Waals surface area contributed by atoms with Crippen LogP contribution in [0.25, 0.3) is 0 Å². The fourth-order valence-corrected chi connectivity index (χ4v) is 1.77. The van der Waals surface area contributed by atoms with Crippen molar-refractivity contribution in [1.82, 2.24) is 14.5 Å². The van der Waals surface area contributed by atoms with Crippen LogP contribution in [0.3, 0.4) is 0 Å². The predicted octanol–water partition coefficient (Wildman–Crippen LogP) is -0.0469. The van der Waals surface area contributed by atoms with Crippen molar-refractivity contribution >= 4 is 0 Å². The van der Waals surface area contributed by atoms with Gasteiger partial charge >= 0.3 is 0 Å². The first-order chi connectivity index (χ1) is 6.25. The number of rotatable bonds is 2. The van der Waals surface area contributed by atoms with E-state index in [1.54, 1.807) is 0 Å². The molecule has 4 heteroatoms. The summed E-state index contributed by atoms with van der Waals surface area (Å²) < 4.78 is 2.06. The summed E-state index contributed by atoms with van der Waals surface area (Å²) in [5, 5.41) is 0. The van der Waals surface area contributed by atoms with E-state index in [2.05, 4.69) is 14.5 Å². The third-order valence-electron chi connectivity index (χ3n) is 2.61. The Hall–Kier alpha value is -0.870. The summed E-state index contributed by atoms with van der Waals surface area (Å²) in [6.07, 6.45) is 4.88. The number of likely N-dealkylation sites (tertiary alicyclic amines) is 1. The van der Waals surface area contributed by atoms with Gasteiger partial charge in [-0.25, -0.2) is 4.98 Å². The Morgan fingerprint density at radius 1 is 1.69 bits per heavy atom. The van der Waals surface area contributed by atoms with Gasteiger partial charge < -0.3 is 10.3 Å². The Labute approximate surface area is 78.4 Å². The highest BCUT2D eigenvalue weighted by Crippen LogP contribution is 2.10. The largest absolute Gasteiger partial charge is 0.337 e. The highest BCUT2D eigenvalue weighted by Gasteiger charge is 2.19. The molecule has 0 aromatic carbocycles. The monoisotopic (exact) mass is 180 g/mol. The molecule has 1 aliphatic heterocycles. The maximum absolute atomic E-state index is 5.83. The molecule has 1 saturated heterocycles. The molecular formula is C9H16N4. The minimum Gasteiger partial charge on any atom is -0.337 e. The van der Waals surface area contributed by atoms with Gasteiger partial charge in [0.05, 0.1) is 12.0 Å². The van der Waals surface area contributed by atoms with Gasteiger partial charge in [0.25, 0.3) is 0 Å². The first-order valence-electron chi connectivity index (χ1n) is 4.69. The van der Waals surface area contributed by atoms with Gasteiger partial charge in [0.2, 0.25) is 0 Å². The SMILES string of the molecule is Cn1cncc1CN1CCC(N)C1. The molecule has 1 atom stereocenters. The molecule has 0 amide bonds. The van der Waals surface area contributed by atoms with Gasteiger partial charge in [0.15, 0.2) is 0 Å². The van der Waals surface area contributed by atoms with Crippen LogP contribution in [0.15, 0.2) is 12.5 Å². The third-order valence-corrected chi connectivity index (χ3v) is 2.61. The maximum atomic E-state index is 5.83. The van der Waals surface area contributed by atoms with E-state index in [-0.39, 0.29) is 0 Å². The van der Waals surface area contributed by atoms with Crippen molar-refractivity contribution in [3.8, 4) is 0 Å². The summed E-state index contributed by atoms with van der Waals surface area (Å²) in [5.74, 6) is 0. The van der Waals surface area contributed by atoms with Crippen molar-refractivity contribution < 1.29 is 0 Å². The van der Waals surface area contributed by atoms with Crippen molar-refractivity contribution in [1.29, 1.82) is 0 Å². The van der Waals surface area contributed by atoms with Gasteiger partial charge in [-0.1, -0.05) is 0 Å². The van der Waals surface area contributed by atoms with E-state index < -0.39 is 0 Å². The maximum Gasteiger partial charge on any atom is 0.0945 e. The number of hydrogen-bond donors (Lipinski definition) is 1. The minimum absolute atomic E-state index is 0.369. The summed E-state index contributed by atoms with van der Waals surface area (Å²) in [5.41, 5.74) is 7.09. The zero-order valence-electron chi connectivity index (χ0n) is 7.98.